The molecule has 0 unspecified atom stereocenters. The number of aryl methyl sites for hydroxylation is 1. The quantitative estimate of drug-likeness (QED) is 0.772. The van der Waals surface area contributed by atoms with Gasteiger partial charge in [-0.15, -0.1) is 0 Å². The molecule has 7 heteroatoms. The summed E-state index contributed by atoms with van der Waals surface area (Å²) >= 11 is 0. The Morgan fingerprint density at radius 2 is 2.07 bits per heavy atom. The normalized spacial score (nSPS) is 17.1. The van der Waals surface area contributed by atoms with Gasteiger partial charge in [0, 0.05) is 30.8 Å². The molecule has 1 aliphatic heterocycles. The summed E-state index contributed by atoms with van der Waals surface area (Å²) in [5.41, 5.74) is 3.18. The van der Waals surface area contributed by atoms with Crippen molar-refractivity contribution in [1.29, 1.82) is 0 Å². The van der Waals surface area contributed by atoms with Crippen molar-refractivity contribution in [2.75, 3.05) is 13.1 Å². The standard InChI is InChI=1S/C20H20FN5O/c1-13-23-9-17(14-4-6-16(21)7-5-14)19(25-13)15-3-2-8-26(11-15)20(27)18-10-22-12-24-18/h4-7,9-10,12,15H,2-3,8,11H2,1H3,(H,22,24)/t15-/m1/s1. The highest BCUT2D eigenvalue weighted by Crippen LogP contribution is 2.33. The highest BCUT2D eigenvalue weighted by atomic mass is 19.1. The van der Waals surface area contributed by atoms with Gasteiger partial charge < -0.3 is 9.88 Å². The van der Waals surface area contributed by atoms with Gasteiger partial charge in [-0.05, 0) is 37.5 Å². The lowest BCUT2D eigenvalue weighted by molar-refractivity contribution is 0.0700. The summed E-state index contributed by atoms with van der Waals surface area (Å²) in [5, 5.41) is 0. The van der Waals surface area contributed by atoms with Gasteiger partial charge in [0.05, 0.1) is 18.2 Å². The van der Waals surface area contributed by atoms with E-state index in [2.05, 4.69) is 19.9 Å². The highest BCUT2D eigenvalue weighted by Gasteiger charge is 2.29. The van der Waals surface area contributed by atoms with Gasteiger partial charge in [0.2, 0.25) is 0 Å². The van der Waals surface area contributed by atoms with E-state index in [1.165, 1.54) is 18.5 Å². The van der Waals surface area contributed by atoms with Crippen LogP contribution >= 0.6 is 0 Å². The first kappa shape index (κ1) is 17.3. The molecule has 27 heavy (non-hydrogen) atoms. The Bertz CT molecular complexity index is 940. The average molecular weight is 365 g/mol. The number of hydrogen-bond donors (Lipinski definition) is 1. The van der Waals surface area contributed by atoms with E-state index in [1.807, 2.05) is 11.8 Å². The van der Waals surface area contributed by atoms with Crippen molar-refractivity contribution < 1.29 is 9.18 Å². The van der Waals surface area contributed by atoms with Gasteiger partial charge in [0.1, 0.15) is 17.3 Å². The molecular formula is C20H20FN5O. The molecule has 1 amide bonds. The SMILES string of the molecule is Cc1ncc(-c2ccc(F)cc2)c([C@@H]2CCCN(C(=O)c3cnc[nH]3)C2)n1. The maximum atomic E-state index is 13.3. The molecule has 1 fully saturated rings. The van der Waals surface area contributed by atoms with E-state index in [4.69, 9.17) is 0 Å². The van der Waals surface area contributed by atoms with Crippen molar-refractivity contribution >= 4 is 5.91 Å². The number of amides is 1. The van der Waals surface area contributed by atoms with Crippen molar-refractivity contribution in [3.63, 3.8) is 0 Å². The number of H-pyrrole nitrogens is 1. The molecular weight excluding hydrogens is 345 g/mol. The maximum absolute atomic E-state index is 13.3. The third-order valence-corrected chi connectivity index (χ3v) is 4.92. The lowest BCUT2D eigenvalue weighted by atomic mass is 9.89. The number of hydrogen-bond acceptors (Lipinski definition) is 4. The summed E-state index contributed by atoms with van der Waals surface area (Å²) < 4.78 is 13.3. The number of nitrogens with zero attached hydrogens (tertiary/aromatic N) is 4. The number of carbonyl (C=O) groups excluding carboxylic acids is 1. The first-order chi connectivity index (χ1) is 13.1. The Morgan fingerprint density at radius 1 is 1.26 bits per heavy atom. The minimum absolute atomic E-state index is 0.0497. The van der Waals surface area contributed by atoms with E-state index in [9.17, 15) is 9.18 Å². The molecule has 1 atom stereocenters. The molecule has 1 saturated heterocycles. The van der Waals surface area contributed by atoms with Crippen LogP contribution in [-0.2, 0) is 0 Å². The van der Waals surface area contributed by atoms with Crippen LogP contribution in [0.25, 0.3) is 11.1 Å². The molecule has 0 aliphatic carbocycles. The predicted octanol–water partition coefficient (Wildman–Crippen LogP) is 3.33. The minimum atomic E-state index is -0.276. The Hall–Kier alpha value is -3.09. The molecule has 3 heterocycles. The van der Waals surface area contributed by atoms with E-state index in [1.54, 1.807) is 24.5 Å². The number of rotatable bonds is 3. The van der Waals surface area contributed by atoms with Crippen LogP contribution in [0.4, 0.5) is 4.39 Å². The lowest BCUT2D eigenvalue weighted by Crippen LogP contribution is -2.39. The monoisotopic (exact) mass is 365 g/mol. The molecule has 2 aromatic heterocycles. The van der Waals surface area contributed by atoms with Crippen LogP contribution in [0.15, 0.2) is 43.0 Å². The summed E-state index contributed by atoms with van der Waals surface area (Å²) in [6.45, 7) is 3.15. The fraction of sp³-hybridized carbons (Fsp3) is 0.300. The van der Waals surface area contributed by atoms with Crippen LogP contribution in [0.3, 0.4) is 0 Å². The molecule has 0 saturated carbocycles. The molecule has 3 aromatic rings. The molecule has 1 aliphatic rings. The second kappa shape index (κ2) is 7.26. The number of benzene rings is 1. The second-order valence-electron chi connectivity index (χ2n) is 6.78. The lowest BCUT2D eigenvalue weighted by Gasteiger charge is -2.33. The summed E-state index contributed by atoms with van der Waals surface area (Å²) in [6, 6.07) is 6.36. The Labute approximate surface area is 156 Å². The third kappa shape index (κ3) is 3.58. The molecule has 138 valence electrons. The molecule has 4 rings (SSSR count). The largest absolute Gasteiger partial charge is 0.341 e. The number of aromatic amines is 1. The van der Waals surface area contributed by atoms with Crippen molar-refractivity contribution in [3.8, 4) is 11.1 Å². The first-order valence-corrected chi connectivity index (χ1v) is 8.99. The number of piperidine rings is 1. The van der Waals surface area contributed by atoms with Crippen LogP contribution in [0.2, 0.25) is 0 Å². The van der Waals surface area contributed by atoms with Gasteiger partial charge in [-0.25, -0.2) is 19.3 Å². The van der Waals surface area contributed by atoms with Crippen molar-refractivity contribution in [2.45, 2.75) is 25.7 Å². The third-order valence-electron chi connectivity index (χ3n) is 4.92. The van der Waals surface area contributed by atoms with Crippen molar-refractivity contribution in [2.24, 2.45) is 0 Å². The van der Waals surface area contributed by atoms with E-state index in [0.29, 0.717) is 24.6 Å². The van der Waals surface area contributed by atoms with Crippen LogP contribution in [-0.4, -0.2) is 43.8 Å². The van der Waals surface area contributed by atoms with Gasteiger partial charge in [-0.3, -0.25) is 4.79 Å². The molecule has 1 aromatic carbocycles. The van der Waals surface area contributed by atoms with Gasteiger partial charge in [0.25, 0.3) is 5.91 Å². The predicted molar refractivity (Wildman–Crippen MR) is 98.6 cm³/mol. The van der Waals surface area contributed by atoms with E-state index in [-0.39, 0.29) is 17.6 Å². The zero-order valence-electron chi connectivity index (χ0n) is 15.0. The smallest absolute Gasteiger partial charge is 0.271 e. The number of nitrogens with one attached hydrogen (secondary N) is 1. The van der Waals surface area contributed by atoms with Gasteiger partial charge in [0.15, 0.2) is 0 Å². The van der Waals surface area contributed by atoms with E-state index >= 15 is 0 Å². The molecule has 0 bridgehead atoms. The molecule has 0 spiro atoms. The van der Waals surface area contributed by atoms with Crippen LogP contribution in [0.1, 0.15) is 40.8 Å². The minimum Gasteiger partial charge on any atom is -0.341 e. The summed E-state index contributed by atoms with van der Waals surface area (Å²) in [7, 11) is 0. The van der Waals surface area contributed by atoms with E-state index in [0.717, 1.165) is 29.7 Å². The number of halogens is 1. The van der Waals surface area contributed by atoms with Crippen LogP contribution in [0, 0.1) is 12.7 Å². The fourth-order valence-electron chi connectivity index (χ4n) is 3.58. The maximum Gasteiger partial charge on any atom is 0.271 e. The fourth-order valence-corrected chi connectivity index (χ4v) is 3.58. The molecule has 1 N–H and O–H groups in total. The summed E-state index contributed by atoms with van der Waals surface area (Å²) in [4.78, 5) is 30.3. The number of aromatic nitrogens is 4. The van der Waals surface area contributed by atoms with Crippen LogP contribution in [0.5, 0.6) is 0 Å². The summed E-state index contributed by atoms with van der Waals surface area (Å²) in [6.07, 6.45) is 6.69. The first-order valence-electron chi connectivity index (χ1n) is 8.99. The van der Waals surface area contributed by atoms with Gasteiger partial charge >= 0.3 is 0 Å². The van der Waals surface area contributed by atoms with Crippen molar-refractivity contribution in [3.05, 3.63) is 66.0 Å². The topological polar surface area (TPSA) is 74.8 Å². The average Bonchev–Trinajstić information content (AvgIpc) is 3.23. The highest BCUT2D eigenvalue weighted by molar-refractivity contribution is 5.92. The Balaban J connectivity index is 1.65. The van der Waals surface area contributed by atoms with Gasteiger partial charge in [-0.1, -0.05) is 12.1 Å². The Kier molecular flexibility index (Phi) is 4.66. The molecule has 0 radical (unpaired) electrons. The van der Waals surface area contributed by atoms with Gasteiger partial charge in [-0.2, -0.15) is 0 Å². The Morgan fingerprint density at radius 3 is 2.81 bits per heavy atom. The zero-order chi connectivity index (χ0) is 18.8. The second-order valence-corrected chi connectivity index (χ2v) is 6.78. The molecule has 6 nitrogen and oxygen atoms in total. The van der Waals surface area contributed by atoms with Crippen LogP contribution < -0.4 is 0 Å². The number of imidazole rings is 1. The number of likely N-dealkylation sites (tertiary alicyclic amines) is 1. The zero-order valence-corrected chi connectivity index (χ0v) is 15.0. The van der Waals surface area contributed by atoms with E-state index < -0.39 is 0 Å². The van der Waals surface area contributed by atoms with Crippen molar-refractivity contribution in [1.82, 2.24) is 24.8 Å². The number of carbonyl (C=O) groups is 1. The summed E-state index contributed by atoms with van der Waals surface area (Å²) in [5.74, 6) is 0.467.